The van der Waals surface area contributed by atoms with E-state index in [4.69, 9.17) is 11.6 Å². The highest BCUT2D eigenvalue weighted by Crippen LogP contribution is 2.32. The summed E-state index contributed by atoms with van der Waals surface area (Å²) in [5.74, 6) is -0.799. The van der Waals surface area contributed by atoms with Crippen molar-refractivity contribution in [1.29, 1.82) is 0 Å². The number of halogens is 5. The summed E-state index contributed by atoms with van der Waals surface area (Å²) < 4.78 is 54.0. The second-order valence-corrected chi connectivity index (χ2v) is 8.36. The Kier molecular flexibility index (Phi) is 6.57. The molecule has 4 aromatic rings. The first-order valence-electron chi connectivity index (χ1n) is 9.55. The minimum absolute atomic E-state index is 0.123. The number of carbonyl (C=O) groups excluding carboxylic acids is 1. The van der Waals surface area contributed by atoms with Gasteiger partial charge in [-0.2, -0.15) is 13.2 Å². The molecular weight excluding hydrogens is 480 g/mol. The molecule has 170 valence electrons. The van der Waals surface area contributed by atoms with Gasteiger partial charge in [-0.25, -0.2) is 9.37 Å². The van der Waals surface area contributed by atoms with Crippen LogP contribution in [0.25, 0.3) is 11.0 Å². The third kappa shape index (κ3) is 5.45. The number of rotatable bonds is 6. The lowest BCUT2D eigenvalue weighted by molar-refractivity contribution is -0.137. The number of fused-ring (bicyclic) bond motifs is 1. The maximum Gasteiger partial charge on any atom is 0.416 e. The first kappa shape index (κ1) is 23.1. The number of hydrogen-bond acceptors (Lipinski definition) is 4. The fraction of sp³-hybridized carbons (Fsp3) is 0.136. The summed E-state index contributed by atoms with van der Waals surface area (Å²) in [7, 11) is 0. The van der Waals surface area contributed by atoms with Crippen LogP contribution < -0.4 is 5.32 Å². The van der Waals surface area contributed by atoms with E-state index in [1.165, 1.54) is 30.0 Å². The molecule has 0 saturated carbocycles. The summed E-state index contributed by atoms with van der Waals surface area (Å²) in [5.41, 5.74) is 1.25. The van der Waals surface area contributed by atoms with Crippen LogP contribution in [0.1, 0.15) is 11.1 Å². The maximum atomic E-state index is 13.4. The van der Waals surface area contributed by atoms with Crippen LogP contribution in [0, 0.1) is 5.82 Å². The average molecular weight is 495 g/mol. The van der Waals surface area contributed by atoms with E-state index in [-0.39, 0.29) is 17.3 Å². The minimum atomic E-state index is -4.43. The van der Waals surface area contributed by atoms with Crippen LogP contribution in [0.15, 0.2) is 66.1 Å². The molecule has 0 radical (unpaired) electrons. The van der Waals surface area contributed by atoms with Gasteiger partial charge in [-0.15, -0.1) is 0 Å². The van der Waals surface area contributed by atoms with Gasteiger partial charge >= 0.3 is 6.18 Å². The molecule has 1 N–H and O–H groups in total. The number of imidazole rings is 1. The summed E-state index contributed by atoms with van der Waals surface area (Å²) in [6.07, 6.45) is -1.32. The first-order valence-corrected chi connectivity index (χ1v) is 10.9. The molecular formula is C22H15ClF4N4OS. The van der Waals surface area contributed by atoms with Gasteiger partial charge in [0.1, 0.15) is 12.4 Å². The highest BCUT2D eigenvalue weighted by Gasteiger charge is 2.30. The van der Waals surface area contributed by atoms with Gasteiger partial charge < -0.3 is 9.88 Å². The Morgan fingerprint density at radius 1 is 1.15 bits per heavy atom. The molecule has 0 atom stereocenters. The smallest absolute Gasteiger partial charge is 0.324 e. The number of amides is 1. The Hall–Kier alpha value is -3.11. The van der Waals surface area contributed by atoms with Crippen molar-refractivity contribution < 1.29 is 22.4 Å². The fourth-order valence-electron chi connectivity index (χ4n) is 3.11. The summed E-state index contributed by atoms with van der Waals surface area (Å²) in [6, 6.07) is 10.6. The van der Waals surface area contributed by atoms with Crippen LogP contribution in [0.3, 0.4) is 0 Å². The van der Waals surface area contributed by atoms with Crippen molar-refractivity contribution in [3.8, 4) is 0 Å². The molecule has 1 amide bonds. The Morgan fingerprint density at radius 3 is 2.73 bits per heavy atom. The standard InChI is InChI=1S/C22H15ClF4N4OS/c23-16-9-15(4-5-17(16)24)29-20(32)11-31-19-10-28-7-6-18(19)30-21(31)33-12-13-2-1-3-14(8-13)22(25,26)27/h1-10H,11-12H2,(H,29,32). The van der Waals surface area contributed by atoms with Gasteiger partial charge in [0.25, 0.3) is 0 Å². The third-order valence-electron chi connectivity index (χ3n) is 4.64. The molecule has 33 heavy (non-hydrogen) atoms. The van der Waals surface area contributed by atoms with Gasteiger partial charge in [0.05, 0.1) is 27.8 Å². The van der Waals surface area contributed by atoms with Crippen LogP contribution in [0.4, 0.5) is 23.2 Å². The molecule has 0 aliphatic rings. The van der Waals surface area contributed by atoms with Crippen LogP contribution >= 0.6 is 23.4 Å². The van der Waals surface area contributed by atoms with Crippen molar-refractivity contribution in [2.75, 3.05) is 5.32 Å². The fourth-order valence-corrected chi connectivity index (χ4v) is 4.25. The van der Waals surface area contributed by atoms with E-state index in [2.05, 4.69) is 15.3 Å². The molecule has 4 rings (SSSR count). The summed E-state index contributed by atoms with van der Waals surface area (Å²) in [6.45, 7) is -0.137. The number of nitrogens with zero attached hydrogens (tertiary/aromatic N) is 3. The SMILES string of the molecule is O=C(Cn1c(SCc2cccc(C(F)(F)F)c2)nc2ccncc21)Nc1ccc(F)c(Cl)c1. The molecule has 0 unspecified atom stereocenters. The predicted molar refractivity (Wildman–Crippen MR) is 119 cm³/mol. The number of thioether (sulfide) groups is 1. The molecule has 2 heterocycles. The molecule has 11 heteroatoms. The minimum Gasteiger partial charge on any atom is -0.324 e. The number of hydrogen-bond donors (Lipinski definition) is 1. The summed E-state index contributed by atoms with van der Waals surface area (Å²) in [4.78, 5) is 21.2. The molecule has 0 bridgehead atoms. The monoisotopic (exact) mass is 494 g/mol. The van der Waals surface area contributed by atoms with Crippen LogP contribution in [-0.2, 0) is 23.3 Å². The molecule has 5 nitrogen and oxygen atoms in total. The zero-order chi connectivity index (χ0) is 23.6. The van der Waals surface area contributed by atoms with E-state index >= 15 is 0 Å². The number of aromatic nitrogens is 3. The summed E-state index contributed by atoms with van der Waals surface area (Å²) >= 11 is 6.96. The van der Waals surface area contributed by atoms with Crippen molar-refractivity contribution in [3.05, 3.63) is 82.9 Å². The molecule has 0 aliphatic heterocycles. The lowest BCUT2D eigenvalue weighted by atomic mass is 10.1. The molecule has 0 spiro atoms. The molecule has 0 aliphatic carbocycles. The molecule has 0 saturated heterocycles. The van der Waals surface area contributed by atoms with Crippen LogP contribution in [0.2, 0.25) is 5.02 Å². The van der Waals surface area contributed by atoms with Gasteiger partial charge in [-0.3, -0.25) is 9.78 Å². The Bertz CT molecular complexity index is 1330. The zero-order valence-electron chi connectivity index (χ0n) is 16.7. The Balaban J connectivity index is 1.55. The van der Waals surface area contributed by atoms with Gasteiger partial charge in [-0.1, -0.05) is 41.6 Å². The highest BCUT2D eigenvalue weighted by atomic mass is 35.5. The number of alkyl halides is 3. The van der Waals surface area contributed by atoms with Gasteiger partial charge in [-0.05, 0) is 35.9 Å². The Morgan fingerprint density at radius 2 is 1.97 bits per heavy atom. The first-order chi connectivity index (χ1) is 15.7. The number of benzene rings is 2. The van der Waals surface area contributed by atoms with E-state index < -0.39 is 23.5 Å². The second-order valence-electron chi connectivity index (χ2n) is 7.01. The van der Waals surface area contributed by atoms with E-state index in [9.17, 15) is 22.4 Å². The zero-order valence-corrected chi connectivity index (χ0v) is 18.3. The number of anilines is 1. The largest absolute Gasteiger partial charge is 0.416 e. The quantitative estimate of drug-likeness (QED) is 0.257. The van der Waals surface area contributed by atoms with Gasteiger partial charge in [0.15, 0.2) is 5.16 Å². The predicted octanol–water partition coefficient (Wildman–Crippen LogP) is 6.17. The number of nitrogens with one attached hydrogen (secondary N) is 1. The molecule has 0 fully saturated rings. The van der Waals surface area contributed by atoms with Crippen molar-refractivity contribution >= 4 is 46.0 Å². The van der Waals surface area contributed by atoms with Crippen molar-refractivity contribution in [1.82, 2.24) is 14.5 Å². The van der Waals surface area contributed by atoms with E-state index in [0.29, 0.717) is 27.4 Å². The Labute approximate surface area is 194 Å². The van der Waals surface area contributed by atoms with Gasteiger partial charge in [0.2, 0.25) is 5.91 Å². The van der Waals surface area contributed by atoms with E-state index in [1.54, 1.807) is 29.1 Å². The normalized spacial score (nSPS) is 11.7. The van der Waals surface area contributed by atoms with E-state index in [0.717, 1.165) is 18.2 Å². The maximum absolute atomic E-state index is 13.4. The van der Waals surface area contributed by atoms with Gasteiger partial charge in [0, 0.05) is 17.6 Å². The van der Waals surface area contributed by atoms with E-state index in [1.807, 2.05) is 0 Å². The average Bonchev–Trinajstić information content (AvgIpc) is 3.12. The van der Waals surface area contributed by atoms with Crippen molar-refractivity contribution in [2.45, 2.75) is 23.6 Å². The number of pyridine rings is 1. The molecule has 2 aromatic heterocycles. The van der Waals surface area contributed by atoms with Crippen molar-refractivity contribution in [2.24, 2.45) is 0 Å². The summed E-state index contributed by atoms with van der Waals surface area (Å²) in [5, 5.41) is 2.97. The topological polar surface area (TPSA) is 59.8 Å². The lowest BCUT2D eigenvalue weighted by Crippen LogP contribution is -2.19. The highest BCUT2D eigenvalue weighted by molar-refractivity contribution is 7.98. The van der Waals surface area contributed by atoms with Crippen LogP contribution in [-0.4, -0.2) is 20.4 Å². The third-order valence-corrected chi connectivity index (χ3v) is 5.98. The number of carbonyl (C=O) groups is 1. The van der Waals surface area contributed by atoms with Crippen LogP contribution in [0.5, 0.6) is 0 Å². The lowest BCUT2D eigenvalue weighted by Gasteiger charge is -2.11. The second kappa shape index (κ2) is 9.40. The molecule has 2 aromatic carbocycles. The van der Waals surface area contributed by atoms with Crippen molar-refractivity contribution in [3.63, 3.8) is 0 Å².